The van der Waals surface area contributed by atoms with Gasteiger partial charge in [0.05, 0.1) is 22.9 Å². The highest BCUT2D eigenvalue weighted by Gasteiger charge is 2.10. The number of fused-ring (bicyclic) bond motifs is 1. The SMILES string of the molecule is Cc1cccc(CNc2ccc3c(Cl)ccnc3c2F)n1. The summed E-state index contributed by atoms with van der Waals surface area (Å²) in [6.45, 7) is 2.37. The minimum Gasteiger partial charge on any atom is -0.377 e. The van der Waals surface area contributed by atoms with Crippen molar-refractivity contribution in [3.63, 3.8) is 0 Å². The molecule has 1 N–H and O–H groups in total. The number of halogens is 2. The van der Waals surface area contributed by atoms with Crippen LogP contribution in [0.1, 0.15) is 11.4 Å². The number of benzene rings is 1. The Morgan fingerprint density at radius 1 is 1.19 bits per heavy atom. The van der Waals surface area contributed by atoms with Crippen LogP contribution in [0, 0.1) is 12.7 Å². The van der Waals surface area contributed by atoms with E-state index in [-0.39, 0.29) is 5.52 Å². The molecule has 0 radical (unpaired) electrons. The molecular formula is C16H13ClFN3. The van der Waals surface area contributed by atoms with Crippen LogP contribution in [0.3, 0.4) is 0 Å². The van der Waals surface area contributed by atoms with Crippen LogP contribution in [0.5, 0.6) is 0 Å². The monoisotopic (exact) mass is 301 g/mol. The molecule has 2 heterocycles. The summed E-state index contributed by atoms with van der Waals surface area (Å²) in [6.07, 6.45) is 1.50. The Kier molecular flexibility index (Phi) is 3.71. The number of hydrogen-bond acceptors (Lipinski definition) is 3. The molecule has 106 valence electrons. The predicted molar refractivity (Wildman–Crippen MR) is 83.0 cm³/mol. The van der Waals surface area contributed by atoms with Crippen LogP contribution in [-0.4, -0.2) is 9.97 Å². The highest BCUT2D eigenvalue weighted by atomic mass is 35.5. The lowest BCUT2D eigenvalue weighted by molar-refractivity contribution is 0.639. The van der Waals surface area contributed by atoms with E-state index in [1.807, 2.05) is 25.1 Å². The minimum absolute atomic E-state index is 0.268. The Balaban J connectivity index is 1.89. The number of rotatable bonds is 3. The van der Waals surface area contributed by atoms with E-state index in [1.54, 1.807) is 18.2 Å². The van der Waals surface area contributed by atoms with E-state index in [1.165, 1.54) is 6.20 Å². The Morgan fingerprint density at radius 2 is 2.05 bits per heavy atom. The Hall–Kier alpha value is -2.20. The summed E-state index contributed by atoms with van der Waals surface area (Å²) in [7, 11) is 0. The number of anilines is 1. The largest absolute Gasteiger partial charge is 0.377 e. The zero-order chi connectivity index (χ0) is 14.8. The summed E-state index contributed by atoms with van der Waals surface area (Å²) in [4.78, 5) is 8.43. The van der Waals surface area contributed by atoms with Crippen molar-refractivity contribution < 1.29 is 4.39 Å². The lowest BCUT2D eigenvalue weighted by Gasteiger charge is -2.09. The van der Waals surface area contributed by atoms with Crippen molar-refractivity contribution in [3.8, 4) is 0 Å². The van der Waals surface area contributed by atoms with E-state index < -0.39 is 5.82 Å². The van der Waals surface area contributed by atoms with E-state index in [9.17, 15) is 4.39 Å². The first-order valence-electron chi connectivity index (χ1n) is 6.54. The third kappa shape index (κ3) is 2.81. The van der Waals surface area contributed by atoms with Gasteiger partial charge in [-0.15, -0.1) is 0 Å². The molecule has 0 fully saturated rings. The Labute approximate surface area is 126 Å². The van der Waals surface area contributed by atoms with Crippen molar-refractivity contribution in [1.82, 2.24) is 9.97 Å². The molecule has 0 saturated heterocycles. The second-order valence-electron chi connectivity index (χ2n) is 4.74. The molecule has 0 aliphatic carbocycles. The molecule has 0 unspecified atom stereocenters. The van der Waals surface area contributed by atoms with Crippen LogP contribution >= 0.6 is 11.6 Å². The molecular weight excluding hydrogens is 289 g/mol. The second kappa shape index (κ2) is 5.66. The number of aromatic nitrogens is 2. The van der Waals surface area contributed by atoms with E-state index in [2.05, 4.69) is 15.3 Å². The van der Waals surface area contributed by atoms with Gasteiger partial charge in [-0.2, -0.15) is 0 Å². The van der Waals surface area contributed by atoms with Crippen LogP contribution in [0.4, 0.5) is 10.1 Å². The maximum absolute atomic E-state index is 14.4. The number of hydrogen-bond donors (Lipinski definition) is 1. The first kappa shape index (κ1) is 13.8. The molecule has 3 aromatic rings. The molecule has 0 aliphatic heterocycles. The van der Waals surface area contributed by atoms with Crippen molar-refractivity contribution in [2.45, 2.75) is 13.5 Å². The molecule has 3 nitrogen and oxygen atoms in total. The molecule has 3 rings (SSSR count). The molecule has 0 amide bonds. The standard InChI is InChI=1S/C16H13ClFN3/c1-10-3-2-4-11(21-10)9-20-14-6-5-12-13(17)7-8-19-16(12)15(14)18/h2-8,20H,9H2,1H3. The minimum atomic E-state index is -0.400. The second-order valence-corrected chi connectivity index (χ2v) is 5.15. The molecule has 0 bridgehead atoms. The molecule has 0 saturated carbocycles. The summed E-state index contributed by atoms with van der Waals surface area (Å²) in [6, 6.07) is 10.8. The van der Waals surface area contributed by atoms with E-state index >= 15 is 0 Å². The van der Waals surface area contributed by atoms with Gasteiger partial charge in [-0.05, 0) is 37.3 Å². The van der Waals surface area contributed by atoms with Crippen LogP contribution in [-0.2, 0) is 6.54 Å². The van der Waals surface area contributed by atoms with Gasteiger partial charge >= 0.3 is 0 Å². The number of aryl methyl sites for hydroxylation is 1. The van der Waals surface area contributed by atoms with Gasteiger partial charge in [-0.3, -0.25) is 9.97 Å². The summed E-state index contributed by atoms with van der Waals surface area (Å²) >= 11 is 6.03. The number of nitrogens with zero attached hydrogens (tertiary/aromatic N) is 2. The van der Waals surface area contributed by atoms with Gasteiger partial charge in [0.15, 0.2) is 5.82 Å². The zero-order valence-corrected chi connectivity index (χ0v) is 12.2. The average molecular weight is 302 g/mol. The molecule has 21 heavy (non-hydrogen) atoms. The fourth-order valence-corrected chi connectivity index (χ4v) is 2.38. The topological polar surface area (TPSA) is 37.8 Å². The molecule has 2 aromatic heterocycles. The van der Waals surface area contributed by atoms with Gasteiger partial charge in [0, 0.05) is 17.3 Å². The summed E-state index contributed by atoms with van der Waals surface area (Å²) in [5.41, 5.74) is 2.44. The van der Waals surface area contributed by atoms with Gasteiger partial charge in [0.1, 0.15) is 5.52 Å². The highest BCUT2D eigenvalue weighted by Crippen LogP contribution is 2.28. The number of nitrogens with one attached hydrogen (secondary N) is 1. The fourth-order valence-electron chi connectivity index (χ4n) is 2.17. The highest BCUT2D eigenvalue weighted by molar-refractivity contribution is 6.35. The summed E-state index contributed by atoms with van der Waals surface area (Å²) in [5.74, 6) is -0.400. The van der Waals surface area contributed by atoms with Crippen LogP contribution in [0.25, 0.3) is 10.9 Å². The van der Waals surface area contributed by atoms with E-state index in [0.717, 1.165) is 11.4 Å². The third-order valence-corrected chi connectivity index (χ3v) is 3.53. The van der Waals surface area contributed by atoms with Gasteiger partial charge < -0.3 is 5.32 Å². The Bertz CT molecular complexity index is 805. The predicted octanol–water partition coefficient (Wildman–Crippen LogP) is 4.34. The molecule has 1 aromatic carbocycles. The molecule has 0 spiro atoms. The van der Waals surface area contributed by atoms with Crippen LogP contribution in [0.2, 0.25) is 5.02 Å². The van der Waals surface area contributed by atoms with Gasteiger partial charge in [-0.1, -0.05) is 17.7 Å². The fraction of sp³-hybridized carbons (Fsp3) is 0.125. The molecule has 0 atom stereocenters. The summed E-state index contributed by atoms with van der Waals surface area (Å²) < 4.78 is 14.4. The van der Waals surface area contributed by atoms with Crippen LogP contribution in [0.15, 0.2) is 42.6 Å². The first-order valence-corrected chi connectivity index (χ1v) is 6.92. The lowest BCUT2D eigenvalue weighted by Crippen LogP contribution is -2.04. The zero-order valence-electron chi connectivity index (χ0n) is 11.4. The lowest BCUT2D eigenvalue weighted by atomic mass is 10.2. The van der Waals surface area contributed by atoms with Crippen molar-refractivity contribution in [3.05, 3.63) is 64.8 Å². The maximum atomic E-state index is 14.4. The first-order chi connectivity index (χ1) is 10.1. The Morgan fingerprint density at radius 3 is 2.86 bits per heavy atom. The quantitative estimate of drug-likeness (QED) is 0.782. The normalized spacial score (nSPS) is 10.8. The van der Waals surface area contributed by atoms with Crippen molar-refractivity contribution in [2.24, 2.45) is 0 Å². The van der Waals surface area contributed by atoms with Crippen molar-refractivity contribution in [1.29, 1.82) is 0 Å². The van der Waals surface area contributed by atoms with E-state index in [0.29, 0.717) is 22.6 Å². The maximum Gasteiger partial charge on any atom is 0.172 e. The van der Waals surface area contributed by atoms with Crippen molar-refractivity contribution in [2.75, 3.05) is 5.32 Å². The number of pyridine rings is 2. The third-order valence-electron chi connectivity index (χ3n) is 3.20. The average Bonchev–Trinajstić information content (AvgIpc) is 2.47. The molecule has 0 aliphatic rings. The van der Waals surface area contributed by atoms with Crippen LogP contribution < -0.4 is 5.32 Å². The smallest absolute Gasteiger partial charge is 0.172 e. The van der Waals surface area contributed by atoms with Gasteiger partial charge in [-0.25, -0.2) is 4.39 Å². The van der Waals surface area contributed by atoms with E-state index in [4.69, 9.17) is 11.6 Å². The van der Waals surface area contributed by atoms with Gasteiger partial charge in [0.25, 0.3) is 0 Å². The molecule has 5 heteroatoms. The van der Waals surface area contributed by atoms with Gasteiger partial charge in [0.2, 0.25) is 0 Å². The van der Waals surface area contributed by atoms with Crippen molar-refractivity contribution >= 4 is 28.2 Å². The summed E-state index contributed by atoms with van der Waals surface area (Å²) in [5, 5.41) is 4.15.